The second-order valence-electron chi connectivity index (χ2n) is 10.4. The summed E-state index contributed by atoms with van der Waals surface area (Å²) in [7, 11) is 0. The van der Waals surface area contributed by atoms with Gasteiger partial charge in [-0.2, -0.15) is 4.99 Å². The molecule has 10 N–H and O–H groups in total. The predicted molar refractivity (Wildman–Crippen MR) is 188 cm³/mol. The minimum absolute atomic E-state index is 0. The van der Waals surface area contributed by atoms with E-state index in [4.69, 9.17) is 22.9 Å². The van der Waals surface area contributed by atoms with Crippen molar-refractivity contribution in [2.24, 2.45) is 42.9 Å². The quantitative estimate of drug-likeness (QED) is 0.0931. The molecule has 0 aliphatic carbocycles. The lowest BCUT2D eigenvalue weighted by Crippen LogP contribution is -2.59. The van der Waals surface area contributed by atoms with Crippen LogP contribution < -0.4 is 33.6 Å². The van der Waals surface area contributed by atoms with Crippen LogP contribution >= 0.6 is 24.8 Å². The molecular formula is C31H52Cl2N10. The zero-order valence-electron chi connectivity index (χ0n) is 25.7. The monoisotopic (exact) mass is 634 g/mol. The molecule has 43 heavy (non-hydrogen) atoms. The summed E-state index contributed by atoms with van der Waals surface area (Å²) in [5.41, 5.74) is 23.5. The van der Waals surface area contributed by atoms with Gasteiger partial charge in [0.05, 0.1) is 13.1 Å². The van der Waals surface area contributed by atoms with Gasteiger partial charge in [0.1, 0.15) is 5.66 Å². The molecule has 0 bridgehead atoms. The summed E-state index contributed by atoms with van der Waals surface area (Å²) in [6.45, 7) is 5.47. The maximum absolute atomic E-state index is 6.00. The average Bonchev–Trinajstić information content (AvgIpc) is 2.95. The summed E-state index contributed by atoms with van der Waals surface area (Å²) < 4.78 is 0. The van der Waals surface area contributed by atoms with E-state index < -0.39 is 0 Å². The van der Waals surface area contributed by atoms with Crippen LogP contribution in [0, 0.1) is 0 Å². The molecule has 1 aliphatic heterocycles. The Bertz CT molecular complexity index is 1120. The molecule has 0 fully saturated rings. The van der Waals surface area contributed by atoms with Crippen molar-refractivity contribution in [3.63, 3.8) is 0 Å². The maximum Gasteiger partial charge on any atom is 0.218 e. The number of rotatable bonds is 14. The van der Waals surface area contributed by atoms with E-state index in [2.05, 4.69) is 56.6 Å². The maximum atomic E-state index is 6.00. The van der Waals surface area contributed by atoms with Crippen molar-refractivity contribution >= 4 is 48.7 Å². The number of benzene rings is 2. The summed E-state index contributed by atoms with van der Waals surface area (Å²) in [5.74, 6) is 1.16. The molecule has 1 atom stereocenters. The van der Waals surface area contributed by atoms with Crippen molar-refractivity contribution in [2.75, 3.05) is 0 Å². The number of guanidine groups is 4. The van der Waals surface area contributed by atoms with Crippen LogP contribution in [-0.4, -0.2) is 29.5 Å². The van der Waals surface area contributed by atoms with E-state index in [0.29, 0.717) is 25.0 Å². The van der Waals surface area contributed by atoms with Gasteiger partial charge in [-0.25, -0.2) is 15.0 Å². The molecule has 2 aromatic carbocycles. The highest BCUT2D eigenvalue weighted by Gasteiger charge is 2.28. The Hall–Kier alpha value is -3.50. The zero-order valence-corrected chi connectivity index (χ0v) is 27.3. The molecule has 240 valence electrons. The SMILES string of the molecule is CCCCCCCCCCCC1(C)N=C(N)NC(=NCc2ccccc2)N1.Cl.Cl.NC(N)=NC(N)=NCc1ccccc1. The van der Waals surface area contributed by atoms with Crippen LogP contribution in [0.4, 0.5) is 0 Å². The normalized spacial score (nSPS) is 16.7. The fraction of sp³-hybridized carbons (Fsp3) is 0.484. The van der Waals surface area contributed by atoms with Crippen molar-refractivity contribution in [1.82, 2.24) is 10.6 Å². The molecule has 0 radical (unpaired) electrons. The number of hydrogen-bond donors (Lipinski definition) is 6. The van der Waals surface area contributed by atoms with Gasteiger partial charge in [-0.15, -0.1) is 24.8 Å². The molecule has 0 saturated carbocycles. The van der Waals surface area contributed by atoms with Gasteiger partial charge in [-0.3, -0.25) is 5.32 Å². The van der Waals surface area contributed by atoms with Crippen LogP contribution in [0.25, 0.3) is 0 Å². The lowest BCUT2D eigenvalue weighted by atomic mass is 10.0. The highest BCUT2D eigenvalue weighted by atomic mass is 35.5. The zero-order chi connectivity index (χ0) is 29.8. The van der Waals surface area contributed by atoms with Crippen LogP contribution in [0.5, 0.6) is 0 Å². The van der Waals surface area contributed by atoms with E-state index in [9.17, 15) is 0 Å². The van der Waals surface area contributed by atoms with Gasteiger partial charge in [0, 0.05) is 0 Å². The van der Waals surface area contributed by atoms with E-state index in [0.717, 1.165) is 18.4 Å². The van der Waals surface area contributed by atoms with Gasteiger partial charge < -0.3 is 28.3 Å². The van der Waals surface area contributed by atoms with E-state index in [1.807, 2.05) is 48.5 Å². The molecule has 3 rings (SSSR count). The van der Waals surface area contributed by atoms with Gasteiger partial charge >= 0.3 is 0 Å². The topological polar surface area (TPSA) is 178 Å². The van der Waals surface area contributed by atoms with Crippen molar-refractivity contribution in [2.45, 2.75) is 96.8 Å². The Kier molecular flexibility index (Phi) is 21.1. The predicted octanol–water partition coefficient (Wildman–Crippen LogP) is 5.31. The van der Waals surface area contributed by atoms with E-state index in [1.54, 1.807) is 0 Å². The Balaban J connectivity index is 0.000000938. The summed E-state index contributed by atoms with van der Waals surface area (Å²) in [5, 5.41) is 6.47. The highest BCUT2D eigenvalue weighted by Crippen LogP contribution is 2.19. The largest absolute Gasteiger partial charge is 0.370 e. The van der Waals surface area contributed by atoms with Crippen molar-refractivity contribution < 1.29 is 0 Å². The summed E-state index contributed by atoms with van der Waals surface area (Å²) in [6.07, 6.45) is 12.9. The lowest BCUT2D eigenvalue weighted by molar-refractivity contribution is 0.371. The summed E-state index contributed by atoms with van der Waals surface area (Å²) in [4.78, 5) is 16.8. The number of hydrogen-bond acceptors (Lipinski definition) is 4. The molecule has 1 heterocycles. The Labute approximate surface area is 270 Å². The smallest absolute Gasteiger partial charge is 0.218 e. The molecule has 2 aromatic rings. The van der Waals surface area contributed by atoms with Crippen LogP contribution in [0.3, 0.4) is 0 Å². The van der Waals surface area contributed by atoms with Gasteiger partial charge in [0.15, 0.2) is 17.9 Å². The average molecular weight is 636 g/mol. The van der Waals surface area contributed by atoms with Crippen molar-refractivity contribution in [1.29, 1.82) is 0 Å². The number of nitrogens with two attached hydrogens (primary N) is 4. The third kappa shape index (κ3) is 18.6. The number of nitrogens with one attached hydrogen (secondary N) is 2. The second-order valence-corrected chi connectivity index (χ2v) is 10.4. The first-order chi connectivity index (χ1) is 19.8. The Morgan fingerprint density at radius 3 is 1.81 bits per heavy atom. The summed E-state index contributed by atoms with van der Waals surface area (Å²) >= 11 is 0. The number of halogens is 2. The van der Waals surface area contributed by atoms with Crippen molar-refractivity contribution in [3.8, 4) is 0 Å². The first-order valence-electron chi connectivity index (χ1n) is 14.7. The first-order valence-corrected chi connectivity index (χ1v) is 14.7. The van der Waals surface area contributed by atoms with Gasteiger partial charge in [-0.05, 0) is 30.9 Å². The first kappa shape index (κ1) is 39.5. The molecule has 0 saturated heterocycles. The van der Waals surface area contributed by atoms with Gasteiger partial charge in [0.2, 0.25) is 5.96 Å². The van der Waals surface area contributed by atoms with E-state index in [-0.39, 0.29) is 42.4 Å². The molecule has 1 unspecified atom stereocenters. The lowest BCUT2D eigenvalue weighted by Gasteiger charge is -2.33. The summed E-state index contributed by atoms with van der Waals surface area (Å²) in [6, 6.07) is 19.9. The standard InChI is InChI=1S/C22H37N5.C9H13N5.2ClH/c1-3-4-5-6-7-8-9-10-14-17-22(2)26-20(23)25-21(27-22)24-18-19-15-12-11-13-16-19;10-8(11)14-9(12)13-6-7-4-2-1-3-5-7;;/h11-13,15-16H,3-10,14,17-18H2,1-2H3,(H4,23,24,25,26,27);1-5H,6H2,(H6,10,11,12,13,14);2*1H. The van der Waals surface area contributed by atoms with E-state index in [1.165, 1.54) is 56.9 Å². The van der Waals surface area contributed by atoms with Crippen molar-refractivity contribution in [3.05, 3.63) is 71.8 Å². The minimum Gasteiger partial charge on any atom is -0.370 e. The molecule has 0 aromatic heterocycles. The highest BCUT2D eigenvalue weighted by molar-refractivity contribution is 6.00. The van der Waals surface area contributed by atoms with Crippen LogP contribution in [0.1, 0.15) is 89.2 Å². The molecule has 10 nitrogen and oxygen atoms in total. The third-order valence-corrected chi connectivity index (χ3v) is 6.54. The number of nitrogens with zero attached hydrogens (tertiary/aromatic N) is 4. The minimum atomic E-state index is -0.369. The fourth-order valence-corrected chi connectivity index (χ4v) is 4.38. The Morgan fingerprint density at radius 1 is 0.767 bits per heavy atom. The van der Waals surface area contributed by atoms with E-state index >= 15 is 0 Å². The Morgan fingerprint density at radius 2 is 1.28 bits per heavy atom. The van der Waals surface area contributed by atoms with Gasteiger partial charge in [-0.1, -0.05) is 119 Å². The number of aliphatic imine (C=N–C) groups is 4. The third-order valence-electron chi connectivity index (χ3n) is 6.54. The molecular weight excluding hydrogens is 583 g/mol. The molecule has 0 spiro atoms. The van der Waals surface area contributed by atoms with Crippen LogP contribution in [-0.2, 0) is 13.1 Å². The van der Waals surface area contributed by atoms with Crippen LogP contribution in [0.15, 0.2) is 80.6 Å². The molecule has 12 heteroatoms. The molecule has 0 amide bonds. The van der Waals surface area contributed by atoms with Gasteiger partial charge in [0.25, 0.3) is 0 Å². The molecule has 1 aliphatic rings. The second kappa shape index (κ2) is 23.0. The number of unbranched alkanes of at least 4 members (excludes halogenated alkanes) is 8. The van der Waals surface area contributed by atoms with Crippen LogP contribution in [0.2, 0.25) is 0 Å². The fourth-order valence-electron chi connectivity index (χ4n) is 4.38.